The zero-order valence-electron chi connectivity index (χ0n) is 18.1. The van der Waals surface area contributed by atoms with E-state index in [9.17, 15) is 65.9 Å². The number of hydrogen-bond acceptors (Lipinski definition) is 3. The van der Waals surface area contributed by atoms with Crippen LogP contribution in [0.15, 0.2) is 0 Å². The SMILES string of the molecule is CCO[Si](CCC(F)(F)C(F)(F)C(F)(F)C(F)(F)C(F)(F)C(F)(F)C(F)(F)CF)(OCC)OCC. The molecule has 0 aromatic heterocycles. The third-order valence-electron chi connectivity index (χ3n) is 4.50. The predicted octanol–water partition coefficient (Wildman–Crippen LogP) is 6.84. The smallest absolute Gasteiger partial charge is 0.374 e. The van der Waals surface area contributed by atoms with E-state index in [4.69, 9.17) is 13.3 Å². The summed E-state index contributed by atoms with van der Waals surface area (Å²) in [5.41, 5.74) is 0. The van der Waals surface area contributed by atoms with Crippen LogP contribution in [0.5, 0.6) is 0 Å². The molecule has 0 aliphatic carbocycles. The molecule has 0 rings (SSSR count). The molecule has 35 heavy (non-hydrogen) atoms. The van der Waals surface area contributed by atoms with Crippen molar-refractivity contribution in [2.45, 2.75) is 74.7 Å². The van der Waals surface area contributed by atoms with Gasteiger partial charge < -0.3 is 13.3 Å². The summed E-state index contributed by atoms with van der Waals surface area (Å²) in [6.07, 6.45) is -2.53. The molecule has 0 amide bonds. The summed E-state index contributed by atoms with van der Waals surface area (Å²) in [6, 6.07) is -1.46. The summed E-state index contributed by atoms with van der Waals surface area (Å²) < 4.78 is 217. The largest absolute Gasteiger partial charge is 0.501 e. The van der Waals surface area contributed by atoms with Crippen LogP contribution in [-0.2, 0) is 13.3 Å². The Morgan fingerprint density at radius 3 is 1.06 bits per heavy atom. The third kappa shape index (κ3) is 5.66. The van der Waals surface area contributed by atoms with Crippen molar-refractivity contribution >= 4 is 8.80 Å². The molecule has 0 aliphatic rings. The van der Waals surface area contributed by atoms with Crippen LogP contribution in [0.4, 0.5) is 65.9 Å². The van der Waals surface area contributed by atoms with Gasteiger partial charge in [0.05, 0.1) is 0 Å². The topological polar surface area (TPSA) is 27.7 Å². The minimum atomic E-state index is -8.23. The van der Waals surface area contributed by atoms with E-state index < -0.39 is 69.4 Å². The van der Waals surface area contributed by atoms with Crippen molar-refractivity contribution in [1.82, 2.24) is 0 Å². The van der Waals surface area contributed by atoms with Gasteiger partial charge in [-0.15, -0.1) is 0 Å². The van der Waals surface area contributed by atoms with E-state index in [0.717, 1.165) is 0 Å². The van der Waals surface area contributed by atoms with Crippen molar-refractivity contribution in [3.63, 3.8) is 0 Å². The number of hydrogen-bond donors (Lipinski definition) is 0. The van der Waals surface area contributed by atoms with Gasteiger partial charge in [0, 0.05) is 32.3 Å². The Kier molecular flexibility index (Phi) is 10.5. The summed E-state index contributed by atoms with van der Waals surface area (Å²) in [5, 5.41) is 0. The fourth-order valence-electron chi connectivity index (χ4n) is 2.60. The summed E-state index contributed by atoms with van der Waals surface area (Å²) in [4.78, 5) is 0. The Morgan fingerprint density at radius 2 is 0.771 bits per heavy atom. The molecule has 0 aromatic rings. The molecule has 0 aliphatic heterocycles. The minimum Gasteiger partial charge on any atom is -0.374 e. The van der Waals surface area contributed by atoms with Gasteiger partial charge in [0.15, 0.2) is 6.67 Å². The second kappa shape index (κ2) is 10.8. The molecule has 212 valence electrons. The molecule has 3 nitrogen and oxygen atoms in total. The molecule has 0 saturated heterocycles. The maximum Gasteiger partial charge on any atom is 0.501 e. The van der Waals surface area contributed by atoms with Crippen molar-refractivity contribution in [3.8, 4) is 0 Å². The standard InChI is InChI=1S/C16H21F15O3Si/c1-4-32-35(33-5-2,34-6-3)8-7-10(18,19)12(22,23)14(26,27)16(30,31)15(28,29)13(24,25)11(20,21)9-17/h4-9H2,1-3H3. The van der Waals surface area contributed by atoms with Crippen LogP contribution in [0, 0.1) is 0 Å². The zero-order valence-corrected chi connectivity index (χ0v) is 19.1. The quantitative estimate of drug-likeness (QED) is 0.149. The fourth-order valence-corrected chi connectivity index (χ4v) is 5.23. The molecule has 19 heteroatoms. The summed E-state index contributed by atoms with van der Waals surface area (Å²) in [5.74, 6) is -52.8. The fraction of sp³-hybridized carbons (Fsp3) is 1.00. The average Bonchev–Trinajstić information content (AvgIpc) is 2.72. The van der Waals surface area contributed by atoms with Crippen molar-refractivity contribution < 1.29 is 79.1 Å². The Hall–Kier alpha value is -0.953. The molecule has 0 saturated carbocycles. The summed E-state index contributed by atoms with van der Waals surface area (Å²) in [7, 11) is -4.34. The Bertz CT molecular complexity index is 670. The Morgan fingerprint density at radius 1 is 0.486 bits per heavy atom. The summed E-state index contributed by atoms with van der Waals surface area (Å²) in [6.45, 7) is -1.13. The first-order chi connectivity index (χ1) is 15.4. The molecule has 0 radical (unpaired) electrons. The van der Waals surface area contributed by atoms with Gasteiger partial charge in [-0.25, -0.2) is 4.39 Å². The molecule has 0 unspecified atom stereocenters. The van der Waals surface area contributed by atoms with Crippen molar-refractivity contribution in [2.24, 2.45) is 0 Å². The van der Waals surface area contributed by atoms with Crippen molar-refractivity contribution in [3.05, 3.63) is 0 Å². The lowest BCUT2D eigenvalue weighted by Gasteiger charge is -2.42. The van der Waals surface area contributed by atoms with Gasteiger partial charge in [-0.2, -0.15) is 61.5 Å². The van der Waals surface area contributed by atoms with Crippen LogP contribution in [0.3, 0.4) is 0 Å². The van der Waals surface area contributed by atoms with Crippen LogP contribution >= 0.6 is 0 Å². The molecule has 0 spiro atoms. The average molecular weight is 574 g/mol. The lowest BCUT2D eigenvalue weighted by Crippen LogP contribution is -2.73. The first-order valence-electron chi connectivity index (χ1n) is 9.57. The van der Waals surface area contributed by atoms with Crippen LogP contribution in [0.2, 0.25) is 6.04 Å². The monoisotopic (exact) mass is 574 g/mol. The minimum absolute atomic E-state index is 0.355. The first kappa shape index (κ1) is 34.0. The highest BCUT2D eigenvalue weighted by atomic mass is 28.4. The highest BCUT2D eigenvalue weighted by molar-refractivity contribution is 6.60. The number of halogens is 15. The van der Waals surface area contributed by atoms with E-state index in [0.29, 0.717) is 0 Å². The Labute approximate surface area is 190 Å². The third-order valence-corrected chi connectivity index (χ3v) is 7.55. The lowest BCUT2D eigenvalue weighted by atomic mass is 9.89. The predicted molar refractivity (Wildman–Crippen MR) is 90.7 cm³/mol. The molecule has 0 heterocycles. The van der Waals surface area contributed by atoms with Gasteiger partial charge in [0.25, 0.3) is 0 Å². The van der Waals surface area contributed by atoms with Gasteiger partial charge in [0.1, 0.15) is 0 Å². The van der Waals surface area contributed by atoms with Crippen LogP contribution in [0.25, 0.3) is 0 Å². The number of alkyl halides is 15. The van der Waals surface area contributed by atoms with Gasteiger partial charge in [-0.1, -0.05) is 0 Å². The van der Waals surface area contributed by atoms with Crippen molar-refractivity contribution in [1.29, 1.82) is 0 Å². The van der Waals surface area contributed by atoms with E-state index in [1.165, 1.54) is 20.8 Å². The molecule has 0 bridgehead atoms. The lowest BCUT2D eigenvalue weighted by molar-refractivity contribution is -0.441. The van der Waals surface area contributed by atoms with Crippen LogP contribution in [-0.4, -0.2) is 76.8 Å². The van der Waals surface area contributed by atoms with Crippen molar-refractivity contribution in [2.75, 3.05) is 26.5 Å². The van der Waals surface area contributed by atoms with Crippen LogP contribution in [0.1, 0.15) is 27.2 Å². The van der Waals surface area contributed by atoms with Gasteiger partial charge in [0.2, 0.25) is 0 Å². The molecular formula is C16H21F15O3Si. The second-order valence-corrected chi connectivity index (χ2v) is 9.63. The van der Waals surface area contributed by atoms with Gasteiger partial charge >= 0.3 is 50.3 Å². The zero-order chi connectivity index (χ0) is 28.4. The number of rotatable bonds is 16. The van der Waals surface area contributed by atoms with Gasteiger partial charge in [-0.3, -0.25) is 0 Å². The summed E-state index contributed by atoms with van der Waals surface area (Å²) >= 11 is 0. The molecule has 0 N–H and O–H groups in total. The van der Waals surface area contributed by atoms with Crippen LogP contribution < -0.4 is 0 Å². The van der Waals surface area contributed by atoms with E-state index in [1.54, 1.807) is 0 Å². The second-order valence-electron chi connectivity index (χ2n) is 6.90. The highest BCUT2D eigenvalue weighted by Crippen LogP contribution is 2.62. The molecule has 0 aromatic carbocycles. The van der Waals surface area contributed by atoms with E-state index in [1.807, 2.05) is 0 Å². The van der Waals surface area contributed by atoms with Gasteiger partial charge in [-0.05, 0) is 20.8 Å². The van der Waals surface area contributed by atoms with E-state index in [2.05, 4.69) is 0 Å². The normalized spacial score (nSPS) is 15.6. The van der Waals surface area contributed by atoms with E-state index in [-0.39, 0.29) is 19.8 Å². The highest BCUT2D eigenvalue weighted by Gasteiger charge is 2.92. The molecule has 0 atom stereocenters. The maximum absolute atomic E-state index is 14.1. The molecular weight excluding hydrogens is 553 g/mol. The first-order valence-corrected chi connectivity index (χ1v) is 11.5. The van der Waals surface area contributed by atoms with E-state index >= 15 is 0 Å². The molecule has 0 fully saturated rings. The Balaban J connectivity index is 6.41. The maximum atomic E-state index is 14.1.